The molecule has 0 spiro atoms. The number of benzene rings is 2. The van der Waals surface area contributed by atoms with Gasteiger partial charge in [0.1, 0.15) is 0 Å². The van der Waals surface area contributed by atoms with E-state index in [0.29, 0.717) is 24.4 Å². The molecule has 1 heterocycles. The molecule has 1 amide bonds. The van der Waals surface area contributed by atoms with Crippen LogP contribution in [0.3, 0.4) is 0 Å². The highest BCUT2D eigenvalue weighted by atomic mass is 32.2. The molecule has 0 radical (unpaired) electrons. The normalized spacial score (nSPS) is 18.6. The molecule has 0 bridgehead atoms. The van der Waals surface area contributed by atoms with Gasteiger partial charge in [-0.15, -0.1) is 0 Å². The standard InChI is InChI=1S/C22H27NO3S/c1-16(2)19-9-7-18(8-10-19)14-23(21-11-12-27(25,26)15-21)22(24)20-6-4-5-17(3)13-20/h4-10,13,16,21H,11-12,14-15H2,1-3H3/t21-/m0/s1. The second-order valence-electron chi connectivity index (χ2n) is 7.76. The summed E-state index contributed by atoms with van der Waals surface area (Å²) in [6.45, 7) is 6.66. The molecule has 0 aromatic heterocycles. The van der Waals surface area contributed by atoms with Gasteiger partial charge >= 0.3 is 0 Å². The van der Waals surface area contributed by atoms with E-state index in [1.54, 1.807) is 11.0 Å². The maximum Gasteiger partial charge on any atom is 0.254 e. The Balaban J connectivity index is 1.89. The van der Waals surface area contributed by atoms with Crippen LogP contribution in [0.1, 0.15) is 53.2 Å². The van der Waals surface area contributed by atoms with E-state index in [2.05, 4.69) is 26.0 Å². The first-order chi connectivity index (χ1) is 12.7. The average molecular weight is 386 g/mol. The van der Waals surface area contributed by atoms with E-state index in [1.165, 1.54) is 5.56 Å². The molecule has 0 saturated carbocycles. The van der Waals surface area contributed by atoms with Crippen molar-refractivity contribution in [2.24, 2.45) is 0 Å². The summed E-state index contributed by atoms with van der Waals surface area (Å²) in [7, 11) is -3.07. The van der Waals surface area contributed by atoms with Crippen molar-refractivity contribution in [1.29, 1.82) is 0 Å². The lowest BCUT2D eigenvalue weighted by atomic mass is 10.0. The van der Waals surface area contributed by atoms with E-state index in [-0.39, 0.29) is 23.5 Å². The van der Waals surface area contributed by atoms with Gasteiger partial charge in [0, 0.05) is 18.2 Å². The second kappa shape index (κ2) is 7.85. The minimum absolute atomic E-state index is 0.0502. The third kappa shape index (κ3) is 4.78. The molecule has 2 aromatic carbocycles. The van der Waals surface area contributed by atoms with Crippen molar-refractivity contribution in [3.63, 3.8) is 0 Å². The predicted octanol–water partition coefficient (Wildman–Crippen LogP) is 3.95. The van der Waals surface area contributed by atoms with Crippen LogP contribution in [0.15, 0.2) is 48.5 Å². The van der Waals surface area contributed by atoms with E-state index >= 15 is 0 Å². The highest BCUT2D eigenvalue weighted by Gasteiger charge is 2.35. The van der Waals surface area contributed by atoms with Crippen molar-refractivity contribution in [1.82, 2.24) is 4.90 Å². The van der Waals surface area contributed by atoms with Crippen molar-refractivity contribution in [3.8, 4) is 0 Å². The second-order valence-corrected chi connectivity index (χ2v) is 9.98. The van der Waals surface area contributed by atoms with Gasteiger partial charge < -0.3 is 4.90 Å². The Morgan fingerprint density at radius 2 is 1.85 bits per heavy atom. The van der Waals surface area contributed by atoms with E-state index in [9.17, 15) is 13.2 Å². The fourth-order valence-electron chi connectivity index (χ4n) is 3.54. The molecule has 1 aliphatic rings. The molecule has 0 aliphatic carbocycles. The van der Waals surface area contributed by atoms with E-state index in [1.807, 2.05) is 37.3 Å². The van der Waals surface area contributed by atoms with Gasteiger partial charge in [0.05, 0.1) is 11.5 Å². The van der Waals surface area contributed by atoms with Gasteiger partial charge in [0.2, 0.25) is 0 Å². The Morgan fingerprint density at radius 3 is 2.41 bits per heavy atom. The third-order valence-corrected chi connectivity index (χ3v) is 6.92. The molecule has 0 unspecified atom stereocenters. The number of aryl methyl sites for hydroxylation is 1. The van der Waals surface area contributed by atoms with Gasteiger partial charge in [-0.25, -0.2) is 8.42 Å². The van der Waals surface area contributed by atoms with Crippen LogP contribution in [0.25, 0.3) is 0 Å². The number of sulfone groups is 1. The molecule has 1 saturated heterocycles. The summed E-state index contributed by atoms with van der Waals surface area (Å²) < 4.78 is 24.0. The quantitative estimate of drug-likeness (QED) is 0.783. The Bertz CT molecular complexity index is 917. The number of hydrogen-bond donors (Lipinski definition) is 0. The van der Waals surface area contributed by atoms with Gasteiger partial charge in [0.25, 0.3) is 5.91 Å². The summed E-state index contributed by atoms with van der Waals surface area (Å²) in [4.78, 5) is 14.9. The third-order valence-electron chi connectivity index (χ3n) is 5.17. The van der Waals surface area contributed by atoms with Crippen LogP contribution in [0.5, 0.6) is 0 Å². The number of hydrogen-bond acceptors (Lipinski definition) is 3. The number of amides is 1. The molecule has 27 heavy (non-hydrogen) atoms. The van der Waals surface area contributed by atoms with Crippen molar-refractivity contribution in [3.05, 3.63) is 70.8 Å². The lowest BCUT2D eigenvalue weighted by Crippen LogP contribution is -2.40. The summed E-state index contributed by atoms with van der Waals surface area (Å²) >= 11 is 0. The van der Waals surface area contributed by atoms with E-state index in [4.69, 9.17) is 0 Å². The number of rotatable bonds is 5. The predicted molar refractivity (Wildman–Crippen MR) is 109 cm³/mol. The monoisotopic (exact) mass is 385 g/mol. The van der Waals surface area contributed by atoms with Gasteiger partial charge in [-0.2, -0.15) is 0 Å². The Kier molecular flexibility index (Phi) is 5.70. The van der Waals surface area contributed by atoms with Crippen LogP contribution in [-0.2, 0) is 16.4 Å². The molecule has 0 N–H and O–H groups in total. The fourth-order valence-corrected chi connectivity index (χ4v) is 5.27. The molecule has 4 nitrogen and oxygen atoms in total. The summed E-state index contributed by atoms with van der Waals surface area (Å²) in [5.41, 5.74) is 3.89. The molecule has 1 atom stereocenters. The Hall–Kier alpha value is -2.14. The number of nitrogens with zero attached hydrogens (tertiary/aromatic N) is 1. The molecule has 5 heteroatoms. The molecule has 1 fully saturated rings. The van der Waals surface area contributed by atoms with Crippen LogP contribution in [0, 0.1) is 6.92 Å². The van der Waals surface area contributed by atoms with Crippen LogP contribution in [0.4, 0.5) is 0 Å². The molecular formula is C22H27NO3S. The van der Waals surface area contributed by atoms with Gasteiger partial charge in [0.15, 0.2) is 9.84 Å². The molecule has 144 valence electrons. The summed E-state index contributed by atoms with van der Waals surface area (Å²) in [6, 6.07) is 15.4. The van der Waals surface area contributed by atoms with E-state index in [0.717, 1.165) is 11.1 Å². The van der Waals surface area contributed by atoms with Gasteiger partial charge in [-0.1, -0.05) is 55.8 Å². The van der Waals surface area contributed by atoms with Crippen LogP contribution in [0.2, 0.25) is 0 Å². The number of carbonyl (C=O) groups excluding carboxylic acids is 1. The van der Waals surface area contributed by atoms with Gasteiger partial charge in [-0.05, 0) is 42.5 Å². The summed E-state index contributed by atoms with van der Waals surface area (Å²) in [5, 5.41) is 0. The summed E-state index contributed by atoms with van der Waals surface area (Å²) in [6.07, 6.45) is 0.504. The smallest absolute Gasteiger partial charge is 0.254 e. The van der Waals surface area contributed by atoms with Crippen LogP contribution < -0.4 is 0 Å². The Labute approximate surface area is 162 Å². The Morgan fingerprint density at radius 1 is 1.15 bits per heavy atom. The first-order valence-electron chi connectivity index (χ1n) is 9.42. The van der Waals surface area contributed by atoms with Crippen LogP contribution >= 0.6 is 0 Å². The fraction of sp³-hybridized carbons (Fsp3) is 0.409. The lowest BCUT2D eigenvalue weighted by molar-refractivity contribution is 0.0681. The van der Waals surface area contributed by atoms with Crippen molar-refractivity contribution in [2.75, 3.05) is 11.5 Å². The zero-order chi connectivity index (χ0) is 19.6. The zero-order valence-corrected chi connectivity index (χ0v) is 17.0. The maximum absolute atomic E-state index is 13.2. The van der Waals surface area contributed by atoms with Crippen molar-refractivity contribution >= 4 is 15.7 Å². The highest BCUT2D eigenvalue weighted by molar-refractivity contribution is 7.91. The first kappa shape index (κ1) is 19.6. The number of carbonyl (C=O) groups is 1. The minimum Gasteiger partial charge on any atom is -0.330 e. The SMILES string of the molecule is Cc1cccc(C(=O)N(Cc2ccc(C(C)C)cc2)[C@H]2CCS(=O)(=O)C2)c1. The van der Waals surface area contributed by atoms with Gasteiger partial charge in [-0.3, -0.25) is 4.79 Å². The topological polar surface area (TPSA) is 54.5 Å². The summed E-state index contributed by atoms with van der Waals surface area (Å²) in [5.74, 6) is 0.550. The lowest BCUT2D eigenvalue weighted by Gasteiger charge is -2.29. The highest BCUT2D eigenvalue weighted by Crippen LogP contribution is 2.23. The molecule has 3 rings (SSSR count). The largest absolute Gasteiger partial charge is 0.330 e. The van der Waals surface area contributed by atoms with Crippen molar-refractivity contribution in [2.45, 2.75) is 45.7 Å². The van der Waals surface area contributed by atoms with E-state index < -0.39 is 9.84 Å². The molecule has 1 aliphatic heterocycles. The van der Waals surface area contributed by atoms with Crippen molar-refractivity contribution < 1.29 is 13.2 Å². The average Bonchev–Trinajstić information content (AvgIpc) is 2.99. The van der Waals surface area contributed by atoms with Crippen LogP contribution in [-0.4, -0.2) is 36.8 Å². The first-order valence-corrected chi connectivity index (χ1v) is 11.2. The maximum atomic E-state index is 13.2. The zero-order valence-electron chi connectivity index (χ0n) is 16.2. The molecular weight excluding hydrogens is 358 g/mol. The minimum atomic E-state index is -3.07. The molecule has 2 aromatic rings.